The normalized spacial score (nSPS) is 47.6. The van der Waals surface area contributed by atoms with Gasteiger partial charge in [-0.05, 0) is 93.3 Å². The summed E-state index contributed by atoms with van der Waals surface area (Å²) in [5.74, 6) is 1.93. The van der Waals surface area contributed by atoms with Crippen LogP contribution >= 0.6 is 0 Å². The van der Waals surface area contributed by atoms with Gasteiger partial charge in [0, 0.05) is 25.0 Å². The third-order valence-corrected chi connectivity index (χ3v) is 12.8. The van der Waals surface area contributed by atoms with Crippen LogP contribution in [0.15, 0.2) is 23.8 Å². The van der Waals surface area contributed by atoms with Crippen molar-refractivity contribution < 1.29 is 19.3 Å². The maximum Gasteiger partial charge on any atom is 0.164 e. The molecule has 4 aliphatic rings. The maximum atomic E-state index is 11.2. The van der Waals surface area contributed by atoms with E-state index >= 15 is 0 Å². The van der Waals surface area contributed by atoms with Crippen LogP contribution in [0.2, 0.25) is 0 Å². The van der Waals surface area contributed by atoms with Crippen LogP contribution in [0.4, 0.5) is 0 Å². The predicted octanol–water partition coefficient (Wildman–Crippen LogP) is 7.95. The van der Waals surface area contributed by atoms with Gasteiger partial charge in [-0.15, -0.1) is 0 Å². The predicted molar refractivity (Wildman–Crippen MR) is 156 cm³/mol. The summed E-state index contributed by atoms with van der Waals surface area (Å²) >= 11 is 0. The van der Waals surface area contributed by atoms with Gasteiger partial charge in [0.25, 0.3) is 0 Å². The van der Waals surface area contributed by atoms with E-state index in [2.05, 4.69) is 80.5 Å². The Morgan fingerprint density at radius 1 is 1.03 bits per heavy atom. The number of aliphatic hydroxyl groups excluding tert-OH is 1. The van der Waals surface area contributed by atoms with Crippen molar-refractivity contribution in [2.75, 3.05) is 14.2 Å². The van der Waals surface area contributed by atoms with E-state index in [1.807, 2.05) is 14.2 Å². The van der Waals surface area contributed by atoms with Crippen LogP contribution in [-0.4, -0.2) is 43.4 Å². The van der Waals surface area contributed by atoms with Gasteiger partial charge in [0.2, 0.25) is 0 Å². The molecule has 4 heteroatoms. The largest absolute Gasteiger partial charge is 0.392 e. The van der Waals surface area contributed by atoms with Crippen molar-refractivity contribution in [1.82, 2.24) is 0 Å². The lowest BCUT2D eigenvalue weighted by Gasteiger charge is -2.61. The van der Waals surface area contributed by atoms with Crippen LogP contribution in [0.25, 0.3) is 0 Å². The van der Waals surface area contributed by atoms with Gasteiger partial charge in [0.15, 0.2) is 6.29 Å². The zero-order chi connectivity index (χ0) is 28.3. The fourth-order valence-corrected chi connectivity index (χ4v) is 10.1. The Balaban J connectivity index is 1.73. The second-order valence-corrected chi connectivity index (χ2v) is 15.2. The van der Waals surface area contributed by atoms with Gasteiger partial charge < -0.3 is 19.3 Å². The molecule has 2 unspecified atom stereocenters. The minimum atomic E-state index is -0.542. The van der Waals surface area contributed by atoms with E-state index in [1.165, 1.54) is 24.8 Å². The molecule has 1 spiro atoms. The molecule has 0 aromatic heterocycles. The highest BCUT2D eigenvalue weighted by molar-refractivity contribution is 5.25. The quantitative estimate of drug-likeness (QED) is 0.354. The number of hydrogen-bond donors (Lipinski definition) is 1. The fourth-order valence-electron chi connectivity index (χ4n) is 10.1. The average molecular weight is 531 g/mol. The second kappa shape index (κ2) is 10.3. The number of rotatable bonds is 6. The number of allylic oxidation sites excluding steroid dienone is 2. The van der Waals surface area contributed by atoms with Crippen LogP contribution < -0.4 is 0 Å². The summed E-state index contributed by atoms with van der Waals surface area (Å²) in [6.07, 6.45) is 14.4. The van der Waals surface area contributed by atoms with Gasteiger partial charge in [-0.2, -0.15) is 0 Å². The standard InChI is InChI=1S/C34H58O4/c1-22(2)20-25(36-10)21-23(3)26-14-16-33(9)27-15-17-34(24(4)12-13-28(35)30(34,5)6)38-29(37-11)31(27,7)18-19-32(26,33)8/h15,17,20,23-29,35H,12-14,16,18-19,21H2,1-11H3/t23-,24-,25+,26?,27-,28+,29?,31+,32-,33+,34-/m1/s1. The molecule has 3 fully saturated rings. The molecular formula is C34H58O4. The molecule has 1 aliphatic heterocycles. The van der Waals surface area contributed by atoms with E-state index in [0.717, 1.165) is 25.7 Å². The lowest BCUT2D eigenvalue weighted by molar-refractivity contribution is -0.306. The second-order valence-electron chi connectivity index (χ2n) is 15.2. The lowest BCUT2D eigenvalue weighted by atomic mass is 9.45. The first kappa shape index (κ1) is 30.3. The van der Waals surface area contributed by atoms with Crippen molar-refractivity contribution in [3.8, 4) is 0 Å². The summed E-state index contributed by atoms with van der Waals surface area (Å²) in [6.45, 7) is 21.1. The summed E-state index contributed by atoms with van der Waals surface area (Å²) in [5, 5.41) is 11.2. The van der Waals surface area contributed by atoms with E-state index in [1.54, 1.807) is 0 Å². The first-order valence-corrected chi connectivity index (χ1v) is 15.4. The smallest absolute Gasteiger partial charge is 0.164 e. The Hall–Kier alpha value is -0.680. The highest BCUT2D eigenvalue weighted by Gasteiger charge is 2.68. The molecule has 218 valence electrons. The SMILES string of the molecule is COC1O[C@]2(C=C[C@H]3[C@]4(C)CCC([C@H](C)C[C@H](C=C(C)C)OC)[C@@]4(C)CC[C@]13C)[C@H](C)CC[C@H](O)C2(C)C. The lowest BCUT2D eigenvalue weighted by Crippen LogP contribution is -2.62. The number of methoxy groups -OCH3 is 2. The number of fused-ring (bicyclic) bond motifs is 3. The zero-order valence-electron chi connectivity index (χ0n) is 26.4. The summed E-state index contributed by atoms with van der Waals surface area (Å²) in [7, 11) is 3.68. The molecular weight excluding hydrogens is 472 g/mol. The van der Waals surface area contributed by atoms with Gasteiger partial charge in [-0.25, -0.2) is 0 Å². The van der Waals surface area contributed by atoms with Crippen molar-refractivity contribution in [2.45, 2.75) is 131 Å². The van der Waals surface area contributed by atoms with E-state index in [-0.39, 0.29) is 34.7 Å². The van der Waals surface area contributed by atoms with Crippen LogP contribution in [0.5, 0.6) is 0 Å². The molecule has 1 heterocycles. The molecule has 0 amide bonds. The van der Waals surface area contributed by atoms with Crippen LogP contribution in [0.3, 0.4) is 0 Å². The Morgan fingerprint density at radius 2 is 1.71 bits per heavy atom. The summed E-state index contributed by atoms with van der Waals surface area (Å²) in [4.78, 5) is 0. The molecule has 1 N–H and O–H groups in total. The van der Waals surface area contributed by atoms with Gasteiger partial charge in [-0.1, -0.05) is 72.3 Å². The molecule has 3 aliphatic carbocycles. The van der Waals surface area contributed by atoms with E-state index < -0.39 is 11.0 Å². The number of hydrogen-bond acceptors (Lipinski definition) is 4. The van der Waals surface area contributed by atoms with Crippen molar-refractivity contribution in [3.05, 3.63) is 23.8 Å². The molecule has 0 saturated heterocycles. The molecule has 4 nitrogen and oxygen atoms in total. The molecule has 3 saturated carbocycles. The molecule has 0 aromatic carbocycles. The Kier molecular flexibility index (Phi) is 8.21. The third kappa shape index (κ3) is 4.30. The van der Waals surface area contributed by atoms with Gasteiger partial charge in [-0.3, -0.25) is 0 Å². The Morgan fingerprint density at radius 3 is 2.32 bits per heavy atom. The summed E-state index contributed by atoms with van der Waals surface area (Å²) in [5.41, 5.74) is 0.677. The van der Waals surface area contributed by atoms with Gasteiger partial charge >= 0.3 is 0 Å². The summed E-state index contributed by atoms with van der Waals surface area (Å²) in [6, 6.07) is 0. The van der Waals surface area contributed by atoms with Crippen LogP contribution in [0, 0.1) is 45.3 Å². The average Bonchev–Trinajstić information content (AvgIpc) is 3.03. The molecule has 0 radical (unpaired) electrons. The van der Waals surface area contributed by atoms with E-state index in [0.29, 0.717) is 23.7 Å². The first-order chi connectivity index (χ1) is 17.6. The third-order valence-electron chi connectivity index (χ3n) is 12.8. The maximum absolute atomic E-state index is 11.2. The zero-order valence-corrected chi connectivity index (χ0v) is 26.4. The molecule has 0 aromatic rings. The monoisotopic (exact) mass is 530 g/mol. The van der Waals surface area contributed by atoms with Crippen LogP contribution in [0.1, 0.15) is 107 Å². The minimum absolute atomic E-state index is 0.115. The van der Waals surface area contributed by atoms with Gasteiger partial charge in [0.05, 0.1) is 17.8 Å². The molecule has 0 bridgehead atoms. The molecule has 38 heavy (non-hydrogen) atoms. The van der Waals surface area contributed by atoms with Gasteiger partial charge in [0.1, 0.15) is 0 Å². The summed E-state index contributed by atoms with van der Waals surface area (Å²) < 4.78 is 19.4. The number of ether oxygens (including phenoxy) is 3. The number of aliphatic hydroxyl groups is 1. The first-order valence-electron chi connectivity index (χ1n) is 15.4. The van der Waals surface area contributed by atoms with Crippen LogP contribution in [-0.2, 0) is 14.2 Å². The molecule has 11 atom stereocenters. The fraction of sp³-hybridized carbons (Fsp3) is 0.882. The van der Waals surface area contributed by atoms with Crippen molar-refractivity contribution >= 4 is 0 Å². The topological polar surface area (TPSA) is 47.9 Å². The van der Waals surface area contributed by atoms with Crippen molar-refractivity contribution in [1.29, 1.82) is 0 Å². The highest BCUT2D eigenvalue weighted by atomic mass is 16.7. The van der Waals surface area contributed by atoms with E-state index in [9.17, 15) is 5.11 Å². The Bertz CT molecular complexity index is 919. The minimum Gasteiger partial charge on any atom is -0.392 e. The molecule has 4 rings (SSSR count). The highest BCUT2D eigenvalue weighted by Crippen LogP contribution is 2.72. The Labute approximate surface area is 234 Å². The van der Waals surface area contributed by atoms with Crippen molar-refractivity contribution in [3.63, 3.8) is 0 Å². The van der Waals surface area contributed by atoms with Crippen molar-refractivity contribution in [2.24, 2.45) is 45.3 Å². The van der Waals surface area contributed by atoms with E-state index in [4.69, 9.17) is 14.2 Å².